The molecule has 0 radical (unpaired) electrons. The molecule has 0 saturated heterocycles. The SMILES string of the molecule is Cc1cc(C)n2nc(SCCOC3CCCCC3C)nc2n1. The second-order valence-corrected chi connectivity index (χ2v) is 7.23. The number of aryl methyl sites for hydroxylation is 2. The fourth-order valence-electron chi connectivity index (χ4n) is 3.07. The lowest BCUT2D eigenvalue weighted by Crippen LogP contribution is -2.26. The van der Waals surface area contributed by atoms with E-state index in [0.29, 0.717) is 17.8 Å². The summed E-state index contributed by atoms with van der Waals surface area (Å²) in [5.74, 6) is 2.27. The minimum atomic E-state index is 0.440. The van der Waals surface area contributed by atoms with Gasteiger partial charge in [0, 0.05) is 17.1 Å². The second-order valence-electron chi connectivity index (χ2n) is 6.16. The number of rotatable bonds is 5. The summed E-state index contributed by atoms with van der Waals surface area (Å²) in [5, 5.41) is 5.28. The van der Waals surface area contributed by atoms with Gasteiger partial charge in [-0.05, 0) is 38.7 Å². The molecule has 5 nitrogen and oxygen atoms in total. The van der Waals surface area contributed by atoms with E-state index in [-0.39, 0.29) is 0 Å². The van der Waals surface area contributed by atoms with Gasteiger partial charge >= 0.3 is 0 Å². The van der Waals surface area contributed by atoms with Gasteiger partial charge in [-0.2, -0.15) is 4.98 Å². The molecule has 1 saturated carbocycles. The minimum absolute atomic E-state index is 0.440. The summed E-state index contributed by atoms with van der Waals surface area (Å²) >= 11 is 1.64. The Kier molecular flexibility index (Phi) is 4.98. The van der Waals surface area contributed by atoms with Gasteiger partial charge in [0.25, 0.3) is 5.78 Å². The maximum atomic E-state index is 6.04. The molecule has 0 amide bonds. The molecule has 22 heavy (non-hydrogen) atoms. The Morgan fingerprint density at radius 1 is 1.27 bits per heavy atom. The minimum Gasteiger partial charge on any atom is -0.377 e. The highest BCUT2D eigenvalue weighted by Crippen LogP contribution is 2.26. The summed E-state index contributed by atoms with van der Waals surface area (Å²) in [4.78, 5) is 8.90. The molecule has 0 bridgehead atoms. The molecule has 0 aliphatic heterocycles. The molecule has 3 rings (SSSR count). The summed E-state index contributed by atoms with van der Waals surface area (Å²) in [6.45, 7) is 7.07. The first-order valence-corrected chi connectivity index (χ1v) is 9.07. The monoisotopic (exact) mass is 320 g/mol. The van der Waals surface area contributed by atoms with Crippen molar-refractivity contribution >= 4 is 17.5 Å². The molecule has 120 valence electrons. The van der Waals surface area contributed by atoms with E-state index in [1.54, 1.807) is 16.3 Å². The van der Waals surface area contributed by atoms with Gasteiger partial charge < -0.3 is 4.74 Å². The summed E-state index contributed by atoms with van der Waals surface area (Å²) in [5.41, 5.74) is 2.04. The van der Waals surface area contributed by atoms with Crippen molar-refractivity contribution in [2.75, 3.05) is 12.4 Å². The van der Waals surface area contributed by atoms with Gasteiger partial charge in [0.15, 0.2) is 0 Å². The van der Waals surface area contributed by atoms with Crippen molar-refractivity contribution in [3.63, 3.8) is 0 Å². The van der Waals surface area contributed by atoms with Gasteiger partial charge in [0.05, 0.1) is 12.7 Å². The highest BCUT2D eigenvalue weighted by atomic mass is 32.2. The van der Waals surface area contributed by atoms with Gasteiger partial charge in [-0.15, -0.1) is 5.10 Å². The van der Waals surface area contributed by atoms with E-state index in [1.165, 1.54) is 25.7 Å². The van der Waals surface area contributed by atoms with Gasteiger partial charge in [-0.3, -0.25) is 0 Å². The van der Waals surface area contributed by atoms with Crippen LogP contribution in [0.4, 0.5) is 0 Å². The lowest BCUT2D eigenvalue weighted by Gasteiger charge is -2.28. The molecule has 1 fully saturated rings. The van der Waals surface area contributed by atoms with E-state index >= 15 is 0 Å². The van der Waals surface area contributed by atoms with Gasteiger partial charge in [-0.1, -0.05) is 31.5 Å². The number of hydrogen-bond donors (Lipinski definition) is 0. The maximum Gasteiger partial charge on any atom is 0.253 e. The van der Waals surface area contributed by atoms with Crippen LogP contribution in [0, 0.1) is 19.8 Å². The maximum absolute atomic E-state index is 6.04. The topological polar surface area (TPSA) is 52.3 Å². The Bertz CT molecular complexity index is 642. The van der Waals surface area contributed by atoms with Crippen LogP contribution in [0.25, 0.3) is 5.78 Å². The number of fused-ring (bicyclic) bond motifs is 1. The molecule has 2 unspecified atom stereocenters. The largest absolute Gasteiger partial charge is 0.377 e. The second kappa shape index (κ2) is 6.96. The molecule has 6 heteroatoms. The van der Waals surface area contributed by atoms with Gasteiger partial charge in [-0.25, -0.2) is 9.50 Å². The quantitative estimate of drug-likeness (QED) is 0.624. The Morgan fingerprint density at radius 2 is 2.09 bits per heavy atom. The van der Waals surface area contributed by atoms with Crippen molar-refractivity contribution in [3.8, 4) is 0 Å². The number of hydrogen-bond acceptors (Lipinski definition) is 5. The lowest BCUT2D eigenvalue weighted by atomic mass is 9.88. The van der Waals surface area contributed by atoms with E-state index in [9.17, 15) is 0 Å². The van der Waals surface area contributed by atoms with Gasteiger partial charge in [0.2, 0.25) is 5.16 Å². The Morgan fingerprint density at radius 3 is 2.91 bits per heavy atom. The van der Waals surface area contributed by atoms with Crippen molar-refractivity contribution in [1.82, 2.24) is 19.6 Å². The van der Waals surface area contributed by atoms with Gasteiger partial charge in [0.1, 0.15) is 0 Å². The average molecular weight is 320 g/mol. The molecule has 0 aromatic carbocycles. The Balaban J connectivity index is 1.52. The number of nitrogens with zero attached hydrogens (tertiary/aromatic N) is 4. The Labute approximate surface area is 135 Å². The standard InChI is InChI=1S/C16H24N4OS/c1-11-6-4-5-7-14(11)21-8-9-22-16-18-15-17-12(2)10-13(3)20(15)19-16/h10-11,14H,4-9H2,1-3H3. The molecular weight excluding hydrogens is 296 g/mol. The molecule has 2 aromatic heterocycles. The molecule has 0 N–H and O–H groups in total. The van der Waals surface area contributed by atoms with Crippen molar-refractivity contribution in [2.24, 2.45) is 5.92 Å². The lowest BCUT2D eigenvalue weighted by molar-refractivity contribution is 0.00345. The third-order valence-corrected chi connectivity index (χ3v) is 5.08. The van der Waals surface area contributed by atoms with Crippen LogP contribution in [0.5, 0.6) is 0 Å². The van der Waals surface area contributed by atoms with Crippen LogP contribution < -0.4 is 0 Å². The van der Waals surface area contributed by atoms with E-state index in [2.05, 4.69) is 22.0 Å². The van der Waals surface area contributed by atoms with Crippen LogP contribution in [0.2, 0.25) is 0 Å². The molecule has 1 aliphatic rings. The van der Waals surface area contributed by atoms with Crippen LogP contribution in [0.3, 0.4) is 0 Å². The first-order chi connectivity index (χ1) is 10.6. The van der Waals surface area contributed by atoms with Crippen molar-refractivity contribution in [3.05, 3.63) is 17.5 Å². The summed E-state index contributed by atoms with van der Waals surface area (Å²) < 4.78 is 7.84. The molecule has 2 atom stereocenters. The third kappa shape index (κ3) is 3.60. The third-order valence-electron chi connectivity index (χ3n) is 4.28. The summed E-state index contributed by atoms with van der Waals surface area (Å²) in [7, 11) is 0. The van der Waals surface area contributed by atoms with Crippen LogP contribution in [0.15, 0.2) is 11.2 Å². The zero-order valence-corrected chi connectivity index (χ0v) is 14.4. The van der Waals surface area contributed by atoms with Crippen LogP contribution in [-0.4, -0.2) is 38.0 Å². The zero-order chi connectivity index (χ0) is 15.5. The fraction of sp³-hybridized carbons (Fsp3) is 0.688. The molecule has 0 spiro atoms. The number of aromatic nitrogens is 4. The smallest absolute Gasteiger partial charge is 0.253 e. The van der Waals surface area contributed by atoms with E-state index in [4.69, 9.17) is 4.74 Å². The van der Waals surface area contributed by atoms with E-state index in [0.717, 1.165) is 28.9 Å². The zero-order valence-electron chi connectivity index (χ0n) is 13.6. The van der Waals surface area contributed by atoms with E-state index < -0.39 is 0 Å². The van der Waals surface area contributed by atoms with E-state index in [1.807, 2.05) is 19.9 Å². The molecular formula is C16H24N4OS. The van der Waals surface area contributed by atoms with Crippen molar-refractivity contribution in [2.45, 2.75) is 57.7 Å². The van der Waals surface area contributed by atoms with Crippen LogP contribution >= 0.6 is 11.8 Å². The highest BCUT2D eigenvalue weighted by Gasteiger charge is 2.21. The van der Waals surface area contributed by atoms with Crippen molar-refractivity contribution < 1.29 is 4.74 Å². The number of thioether (sulfide) groups is 1. The van der Waals surface area contributed by atoms with Crippen molar-refractivity contribution in [1.29, 1.82) is 0 Å². The Hall–Kier alpha value is -1.14. The van der Waals surface area contributed by atoms with Crippen LogP contribution in [0.1, 0.15) is 44.0 Å². The summed E-state index contributed by atoms with van der Waals surface area (Å²) in [6, 6.07) is 2.02. The van der Waals surface area contributed by atoms with Crippen LogP contribution in [-0.2, 0) is 4.74 Å². The fourth-order valence-corrected chi connectivity index (χ4v) is 3.72. The normalized spacial score (nSPS) is 22.3. The number of ether oxygens (including phenoxy) is 1. The first kappa shape index (κ1) is 15.7. The predicted octanol–water partition coefficient (Wildman–Crippen LogP) is 3.43. The predicted molar refractivity (Wildman–Crippen MR) is 88.4 cm³/mol. The summed E-state index contributed by atoms with van der Waals surface area (Å²) in [6.07, 6.45) is 5.61. The first-order valence-electron chi connectivity index (χ1n) is 8.09. The molecule has 2 aromatic rings. The average Bonchev–Trinajstić information content (AvgIpc) is 2.88. The molecule has 2 heterocycles. The highest BCUT2D eigenvalue weighted by molar-refractivity contribution is 7.99. The molecule has 1 aliphatic carbocycles.